The minimum atomic E-state index is -4.07. The van der Waals surface area contributed by atoms with Gasteiger partial charge in [-0.3, -0.25) is 4.40 Å². The molecule has 8 heteroatoms. The Hall–Kier alpha value is -2.87. The summed E-state index contributed by atoms with van der Waals surface area (Å²) in [5, 5.41) is 9.53. The molecular weight excluding hydrogens is 439 g/mol. The quantitative estimate of drug-likeness (QED) is 0.358. The molecule has 5 rings (SSSR count). The Bertz CT molecular complexity index is 1340. The number of nitrogens with one attached hydrogen (secondary N) is 1. The minimum Gasteiger partial charge on any atom is -0.354 e. The largest absolute Gasteiger partial charge is 0.389 e. The van der Waals surface area contributed by atoms with Crippen molar-refractivity contribution in [2.24, 2.45) is 0 Å². The fourth-order valence-electron chi connectivity index (χ4n) is 5.23. The zero-order chi connectivity index (χ0) is 24.2. The Morgan fingerprint density at radius 2 is 1.91 bits per heavy atom. The van der Waals surface area contributed by atoms with Gasteiger partial charge in [0.05, 0.1) is 5.69 Å². The predicted octanol–water partition coefficient (Wildman–Crippen LogP) is 6.36. The van der Waals surface area contributed by atoms with Crippen molar-refractivity contribution in [1.82, 2.24) is 24.5 Å². The number of hydrogen-bond acceptors (Lipinski definition) is 3. The highest BCUT2D eigenvalue weighted by Crippen LogP contribution is 2.39. The third-order valence-electron chi connectivity index (χ3n) is 7.22. The second-order valence-electron chi connectivity index (χ2n) is 9.90. The maximum Gasteiger partial charge on any atom is 0.389 e. The van der Waals surface area contributed by atoms with Gasteiger partial charge in [-0.05, 0) is 67.1 Å². The van der Waals surface area contributed by atoms with E-state index in [1.165, 1.54) is 22.1 Å². The van der Waals surface area contributed by atoms with Crippen LogP contribution in [0.25, 0.3) is 27.8 Å². The number of benzene rings is 1. The lowest BCUT2D eigenvalue weighted by Gasteiger charge is -2.39. The topological polar surface area (TPSA) is 49.2 Å². The molecule has 0 radical (unpaired) electrons. The number of likely N-dealkylation sites (tertiary alicyclic amines) is 1. The van der Waals surface area contributed by atoms with Gasteiger partial charge in [-0.25, -0.2) is 0 Å². The Balaban J connectivity index is 1.45. The van der Waals surface area contributed by atoms with Crippen LogP contribution in [-0.2, 0) is 0 Å². The molecule has 0 spiro atoms. The van der Waals surface area contributed by atoms with Gasteiger partial charge < -0.3 is 9.88 Å². The molecule has 1 N–H and O–H groups in total. The molecule has 34 heavy (non-hydrogen) atoms. The molecule has 4 heterocycles. The number of rotatable bonds is 6. The van der Waals surface area contributed by atoms with Crippen LogP contribution in [0.2, 0.25) is 0 Å². The highest BCUT2D eigenvalue weighted by molar-refractivity contribution is 5.92. The number of aryl methyl sites for hydroxylation is 1. The standard InChI is InChI=1S/C26H30F3N5/c1-15(2)23-20-10-18(19-11-33(12-19)9-5-8-26(27,28)29)6-7-22(20)31-24(23)21-13-34-14-30-32-25(34)17(4)16(21)3/h6-7,10,13-15,19,31H,5,8-9,11-12H2,1-4H3. The van der Waals surface area contributed by atoms with Gasteiger partial charge in [-0.15, -0.1) is 10.2 Å². The molecule has 1 aliphatic rings. The van der Waals surface area contributed by atoms with Crippen LogP contribution < -0.4 is 0 Å². The normalized spacial score (nSPS) is 15.6. The van der Waals surface area contributed by atoms with Crippen LogP contribution in [0.3, 0.4) is 0 Å². The van der Waals surface area contributed by atoms with E-state index in [0.29, 0.717) is 18.4 Å². The van der Waals surface area contributed by atoms with Gasteiger partial charge in [0.1, 0.15) is 6.33 Å². The van der Waals surface area contributed by atoms with E-state index in [4.69, 9.17) is 0 Å². The number of nitrogens with zero attached hydrogens (tertiary/aromatic N) is 4. The first-order chi connectivity index (χ1) is 16.1. The minimum absolute atomic E-state index is 0.170. The molecule has 3 aromatic heterocycles. The summed E-state index contributed by atoms with van der Waals surface area (Å²) in [6, 6.07) is 6.58. The molecule has 0 bridgehead atoms. The summed E-state index contributed by atoms with van der Waals surface area (Å²) in [6.45, 7) is 10.8. The molecule has 0 unspecified atom stereocenters. The number of hydrogen-bond donors (Lipinski definition) is 1. The van der Waals surface area contributed by atoms with Gasteiger partial charge in [-0.2, -0.15) is 13.2 Å². The Morgan fingerprint density at radius 1 is 1.15 bits per heavy atom. The van der Waals surface area contributed by atoms with Gasteiger partial charge in [0, 0.05) is 48.1 Å². The molecule has 4 aromatic rings. The van der Waals surface area contributed by atoms with Gasteiger partial charge in [0.15, 0.2) is 5.65 Å². The van der Waals surface area contributed by atoms with Crippen molar-refractivity contribution in [3.8, 4) is 11.3 Å². The number of H-pyrrole nitrogens is 1. The number of alkyl halides is 3. The second-order valence-corrected chi connectivity index (χ2v) is 9.90. The van der Waals surface area contributed by atoms with E-state index in [1.807, 2.05) is 4.40 Å². The first-order valence-electron chi connectivity index (χ1n) is 11.9. The van der Waals surface area contributed by atoms with Crippen LogP contribution in [0.1, 0.15) is 60.8 Å². The lowest BCUT2D eigenvalue weighted by molar-refractivity contribution is -0.136. The summed E-state index contributed by atoms with van der Waals surface area (Å²) >= 11 is 0. The molecule has 0 saturated carbocycles. The van der Waals surface area contributed by atoms with Crippen LogP contribution in [0, 0.1) is 13.8 Å². The number of aromatic nitrogens is 4. The molecular formula is C26H30F3N5. The Labute approximate surface area is 197 Å². The first kappa shape index (κ1) is 22.9. The van der Waals surface area contributed by atoms with E-state index in [0.717, 1.165) is 41.1 Å². The molecule has 0 aliphatic carbocycles. The maximum absolute atomic E-state index is 12.4. The summed E-state index contributed by atoms with van der Waals surface area (Å²) in [4.78, 5) is 5.79. The second kappa shape index (κ2) is 8.41. The van der Waals surface area contributed by atoms with Crippen LogP contribution in [0.5, 0.6) is 0 Å². The van der Waals surface area contributed by atoms with Crippen molar-refractivity contribution in [3.63, 3.8) is 0 Å². The van der Waals surface area contributed by atoms with Crippen molar-refractivity contribution < 1.29 is 13.2 Å². The molecule has 180 valence electrons. The third-order valence-corrected chi connectivity index (χ3v) is 7.22. The van der Waals surface area contributed by atoms with E-state index >= 15 is 0 Å². The SMILES string of the molecule is Cc1c(-c2[nH]c3ccc(C4CN(CCCC(F)(F)F)C4)cc3c2C(C)C)cn2cnnc2c1C. The summed E-state index contributed by atoms with van der Waals surface area (Å²) < 4.78 is 39.2. The molecule has 0 amide bonds. The zero-order valence-electron chi connectivity index (χ0n) is 20.0. The molecule has 1 saturated heterocycles. The van der Waals surface area contributed by atoms with Crippen LogP contribution in [0.4, 0.5) is 13.2 Å². The number of aromatic amines is 1. The average Bonchev–Trinajstić information content (AvgIpc) is 3.35. The zero-order valence-corrected chi connectivity index (χ0v) is 20.0. The lowest BCUT2D eigenvalue weighted by atomic mass is 9.88. The fraction of sp³-hybridized carbons (Fsp3) is 0.462. The summed E-state index contributed by atoms with van der Waals surface area (Å²) in [5.74, 6) is 0.682. The van der Waals surface area contributed by atoms with Gasteiger partial charge in [-0.1, -0.05) is 19.9 Å². The van der Waals surface area contributed by atoms with Crippen LogP contribution in [-0.4, -0.2) is 50.3 Å². The molecule has 1 aliphatic heterocycles. The maximum atomic E-state index is 12.4. The van der Waals surface area contributed by atoms with Gasteiger partial charge in [0.2, 0.25) is 0 Å². The number of fused-ring (bicyclic) bond motifs is 2. The third kappa shape index (κ3) is 4.08. The molecule has 1 fully saturated rings. The predicted molar refractivity (Wildman–Crippen MR) is 128 cm³/mol. The summed E-state index contributed by atoms with van der Waals surface area (Å²) in [7, 11) is 0. The summed E-state index contributed by atoms with van der Waals surface area (Å²) in [6.07, 6.45) is -0.768. The smallest absolute Gasteiger partial charge is 0.354 e. The molecule has 1 aromatic carbocycles. The number of pyridine rings is 1. The van der Waals surface area contributed by atoms with Crippen molar-refractivity contribution in [2.45, 2.75) is 58.5 Å². The van der Waals surface area contributed by atoms with Crippen LogP contribution in [0.15, 0.2) is 30.7 Å². The Kier molecular flexibility index (Phi) is 5.67. The van der Waals surface area contributed by atoms with Crippen molar-refractivity contribution in [2.75, 3.05) is 19.6 Å². The number of halogens is 3. The monoisotopic (exact) mass is 469 g/mol. The highest BCUT2D eigenvalue weighted by Gasteiger charge is 2.31. The van der Waals surface area contributed by atoms with Crippen LogP contribution >= 0.6 is 0 Å². The first-order valence-corrected chi connectivity index (χ1v) is 11.9. The Morgan fingerprint density at radius 3 is 2.62 bits per heavy atom. The highest BCUT2D eigenvalue weighted by atomic mass is 19.4. The van der Waals surface area contributed by atoms with Gasteiger partial charge >= 0.3 is 6.18 Å². The molecule has 5 nitrogen and oxygen atoms in total. The van der Waals surface area contributed by atoms with Crippen molar-refractivity contribution in [1.29, 1.82) is 0 Å². The lowest BCUT2D eigenvalue weighted by Crippen LogP contribution is -2.45. The van der Waals surface area contributed by atoms with Gasteiger partial charge in [0.25, 0.3) is 0 Å². The fourth-order valence-corrected chi connectivity index (χ4v) is 5.23. The van der Waals surface area contributed by atoms with E-state index in [-0.39, 0.29) is 6.42 Å². The van der Waals surface area contributed by atoms with Crippen molar-refractivity contribution in [3.05, 3.63) is 53.0 Å². The van der Waals surface area contributed by atoms with E-state index in [9.17, 15) is 13.2 Å². The van der Waals surface area contributed by atoms with E-state index in [1.54, 1.807) is 6.33 Å². The van der Waals surface area contributed by atoms with E-state index < -0.39 is 12.6 Å². The molecule has 0 atom stereocenters. The average molecular weight is 470 g/mol. The van der Waals surface area contributed by atoms with E-state index in [2.05, 4.69) is 72.2 Å². The summed E-state index contributed by atoms with van der Waals surface area (Å²) in [5.41, 5.74) is 9.08. The van der Waals surface area contributed by atoms with Crippen molar-refractivity contribution >= 4 is 16.6 Å².